The molecule has 0 aliphatic heterocycles. The van der Waals surface area contributed by atoms with E-state index in [0.717, 1.165) is 0 Å². The zero-order valence-electron chi connectivity index (χ0n) is 9.22. The Balaban J connectivity index is 4.13. The molecule has 74 valence electrons. The molecule has 0 saturated carbocycles. The van der Waals surface area contributed by atoms with Crippen molar-refractivity contribution in [2.24, 2.45) is 0 Å². The molecule has 0 fully saturated rings. The van der Waals surface area contributed by atoms with Gasteiger partial charge in [0.15, 0.2) is 0 Å². The van der Waals surface area contributed by atoms with E-state index < -0.39 is 8.32 Å². The zero-order valence-corrected chi connectivity index (χ0v) is 10.2. The maximum atomic E-state index is 8.31. The fourth-order valence-electron chi connectivity index (χ4n) is 0.496. The van der Waals surface area contributed by atoms with E-state index in [2.05, 4.69) is 33.9 Å². The molecule has 0 rings (SSSR count). The van der Waals surface area contributed by atoms with Gasteiger partial charge < -0.3 is 4.43 Å². The SMILES string of the molecule is CC(C)(C)[Si](C)(C)O/C=C\CC#N. The van der Waals surface area contributed by atoms with Crippen LogP contribution in [0.4, 0.5) is 0 Å². The first-order valence-corrected chi connectivity index (χ1v) is 7.42. The molecule has 0 aromatic carbocycles. The number of nitrogens with zero attached hydrogens (tertiary/aromatic N) is 1. The first-order chi connectivity index (χ1) is 5.81. The van der Waals surface area contributed by atoms with Crippen molar-refractivity contribution in [3.63, 3.8) is 0 Å². The van der Waals surface area contributed by atoms with Gasteiger partial charge in [0.05, 0.1) is 18.8 Å². The summed E-state index contributed by atoms with van der Waals surface area (Å²) in [5.41, 5.74) is 0. The normalized spacial score (nSPS) is 12.9. The van der Waals surface area contributed by atoms with E-state index in [9.17, 15) is 0 Å². The predicted octanol–water partition coefficient (Wildman–Crippen LogP) is 3.44. The van der Waals surface area contributed by atoms with Crippen LogP contribution in [0.1, 0.15) is 27.2 Å². The lowest BCUT2D eigenvalue weighted by atomic mass is 10.2. The van der Waals surface area contributed by atoms with Gasteiger partial charge >= 0.3 is 0 Å². The van der Waals surface area contributed by atoms with Gasteiger partial charge in [-0.2, -0.15) is 5.26 Å². The highest BCUT2D eigenvalue weighted by molar-refractivity contribution is 6.74. The molecular weight excluding hydrogens is 178 g/mol. The first-order valence-electron chi connectivity index (χ1n) is 4.51. The lowest BCUT2D eigenvalue weighted by Crippen LogP contribution is -2.39. The van der Waals surface area contributed by atoms with Gasteiger partial charge in [0.25, 0.3) is 0 Å². The Morgan fingerprint density at radius 2 is 1.92 bits per heavy atom. The maximum Gasteiger partial charge on any atom is 0.249 e. The Hall–Kier alpha value is -0.753. The minimum atomic E-state index is -1.65. The predicted molar refractivity (Wildman–Crippen MR) is 57.7 cm³/mol. The molecule has 0 aromatic rings. The summed E-state index contributed by atoms with van der Waals surface area (Å²) in [4.78, 5) is 0. The lowest BCUT2D eigenvalue weighted by Gasteiger charge is -2.34. The molecule has 0 amide bonds. The maximum absolute atomic E-state index is 8.31. The minimum absolute atomic E-state index is 0.226. The molecule has 0 atom stereocenters. The van der Waals surface area contributed by atoms with Gasteiger partial charge in [-0.3, -0.25) is 0 Å². The van der Waals surface area contributed by atoms with Crippen molar-refractivity contribution in [1.29, 1.82) is 5.26 Å². The summed E-state index contributed by atoms with van der Waals surface area (Å²) < 4.78 is 5.70. The Bertz CT molecular complexity index is 220. The Kier molecular flexibility index (Phi) is 4.21. The van der Waals surface area contributed by atoms with Crippen molar-refractivity contribution in [2.45, 2.75) is 45.3 Å². The van der Waals surface area contributed by atoms with Gasteiger partial charge in [0.2, 0.25) is 8.32 Å². The average Bonchev–Trinajstić information content (AvgIpc) is 1.96. The van der Waals surface area contributed by atoms with Crippen molar-refractivity contribution < 1.29 is 4.43 Å². The second-order valence-corrected chi connectivity index (χ2v) is 9.37. The van der Waals surface area contributed by atoms with Crippen LogP contribution >= 0.6 is 0 Å². The summed E-state index contributed by atoms with van der Waals surface area (Å²) in [6, 6.07) is 2.04. The van der Waals surface area contributed by atoms with E-state index in [1.165, 1.54) is 0 Å². The largest absolute Gasteiger partial charge is 0.549 e. The van der Waals surface area contributed by atoms with Crippen LogP contribution in [0.25, 0.3) is 0 Å². The van der Waals surface area contributed by atoms with Gasteiger partial charge in [-0.25, -0.2) is 0 Å². The summed E-state index contributed by atoms with van der Waals surface area (Å²) in [5.74, 6) is 0. The first kappa shape index (κ1) is 12.2. The molecule has 13 heavy (non-hydrogen) atoms. The second-order valence-electron chi connectivity index (χ2n) is 4.61. The van der Waals surface area contributed by atoms with Gasteiger partial charge in [0.1, 0.15) is 0 Å². The molecule has 2 nitrogen and oxygen atoms in total. The number of hydrogen-bond acceptors (Lipinski definition) is 2. The molecule has 3 heteroatoms. The quantitative estimate of drug-likeness (QED) is 0.513. The van der Waals surface area contributed by atoms with E-state index in [4.69, 9.17) is 9.69 Å². The zero-order chi connectivity index (χ0) is 10.5. The third-order valence-electron chi connectivity index (χ3n) is 2.47. The van der Waals surface area contributed by atoms with Crippen LogP contribution in [-0.4, -0.2) is 8.32 Å². The Morgan fingerprint density at radius 3 is 2.31 bits per heavy atom. The molecule has 0 spiro atoms. The molecule has 0 aliphatic rings. The van der Waals surface area contributed by atoms with Crippen molar-refractivity contribution in [2.75, 3.05) is 0 Å². The second kappa shape index (κ2) is 4.47. The Morgan fingerprint density at radius 1 is 1.38 bits per heavy atom. The smallest absolute Gasteiger partial charge is 0.249 e. The van der Waals surface area contributed by atoms with Gasteiger partial charge in [-0.15, -0.1) is 0 Å². The number of nitriles is 1. The van der Waals surface area contributed by atoms with E-state index in [1.807, 2.05) is 6.07 Å². The average molecular weight is 197 g/mol. The summed E-state index contributed by atoms with van der Waals surface area (Å²) in [5, 5.41) is 8.54. The van der Waals surface area contributed by atoms with Gasteiger partial charge in [0, 0.05) is 0 Å². The van der Waals surface area contributed by atoms with E-state index in [-0.39, 0.29) is 5.04 Å². The lowest BCUT2D eigenvalue weighted by molar-refractivity contribution is 0.429. The molecule has 0 bridgehead atoms. The third kappa shape index (κ3) is 4.14. The van der Waals surface area contributed by atoms with Gasteiger partial charge in [-0.1, -0.05) is 20.8 Å². The fraction of sp³-hybridized carbons (Fsp3) is 0.700. The molecule has 0 radical (unpaired) electrons. The summed E-state index contributed by atoms with van der Waals surface area (Å²) >= 11 is 0. The molecule has 0 N–H and O–H groups in total. The highest BCUT2D eigenvalue weighted by Crippen LogP contribution is 2.36. The topological polar surface area (TPSA) is 33.0 Å². The van der Waals surface area contributed by atoms with Crippen LogP contribution in [0.2, 0.25) is 18.1 Å². The van der Waals surface area contributed by atoms with Crippen LogP contribution in [0.3, 0.4) is 0 Å². The number of hydrogen-bond donors (Lipinski definition) is 0. The van der Waals surface area contributed by atoms with Crippen molar-refractivity contribution >= 4 is 8.32 Å². The van der Waals surface area contributed by atoms with E-state index in [0.29, 0.717) is 6.42 Å². The third-order valence-corrected chi connectivity index (χ3v) is 6.81. The molecule has 0 aromatic heterocycles. The molecule has 0 unspecified atom stereocenters. The van der Waals surface area contributed by atoms with Gasteiger partial charge in [-0.05, 0) is 24.2 Å². The highest BCUT2D eigenvalue weighted by Gasteiger charge is 2.37. The summed E-state index contributed by atoms with van der Waals surface area (Å²) in [6.45, 7) is 10.9. The van der Waals surface area contributed by atoms with Crippen molar-refractivity contribution in [3.05, 3.63) is 12.3 Å². The standard InChI is InChI=1S/C10H19NOSi/c1-10(2,3)13(4,5)12-9-7-6-8-11/h7,9H,6H2,1-5H3/b9-7-. The number of allylic oxidation sites excluding steroid dienone is 1. The molecule has 0 aliphatic carbocycles. The van der Waals surface area contributed by atoms with E-state index >= 15 is 0 Å². The number of rotatable bonds is 3. The molecular formula is C10H19NOSi. The van der Waals surface area contributed by atoms with Crippen molar-refractivity contribution in [3.8, 4) is 6.07 Å². The molecule has 0 heterocycles. The van der Waals surface area contributed by atoms with Crippen molar-refractivity contribution in [1.82, 2.24) is 0 Å². The Labute approximate surface area is 82.3 Å². The summed E-state index contributed by atoms with van der Waals surface area (Å²) in [7, 11) is -1.65. The van der Waals surface area contributed by atoms with Crippen LogP contribution in [0.5, 0.6) is 0 Å². The van der Waals surface area contributed by atoms with Crippen LogP contribution in [-0.2, 0) is 4.43 Å². The minimum Gasteiger partial charge on any atom is -0.549 e. The summed E-state index contributed by atoms with van der Waals surface area (Å²) in [6.07, 6.45) is 3.87. The van der Waals surface area contributed by atoms with Crippen LogP contribution in [0, 0.1) is 11.3 Å². The van der Waals surface area contributed by atoms with Crippen LogP contribution < -0.4 is 0 Å². The fourth-order valence-corrected chi connectivity index (χ4v) is 1.29. The molecule has 0 saturated heterocycles. The van der Waals surface area contributed by atoms with E-state index in [1.54, 1.807) is 12.3 Å². The highest BCUT2D eigenvalue weighted by atomic mass is 28.4. The monoisotopic (exact) mass is 197 g/mol. The van der Waals surface area contributed by atoms with Crippen LogP contribution in [0.15, 0.2) is 12.3 Å².